The maximum absolute atomic E-state index is 5.17. The molecule has 4 nitrogen and oxygen atoms in total. The van der Waals surface area contributed by atoms with Gasteiger partial charge in [-0.2, -0.15) is 0 Å². The van der Waals surface area contributed by atoms with E-state index in [2.05, 4.69) is 56.5 Å². The van der Waals surface area contributed by atoms with Crippen LogP contribution in [0.1, 0.15) is 13.0 Å². The van der Waals surface area contributed by atoms with E-state index >= 15 is 0 Å². The van der Waals surface area contributed by atoms with Crippen molar-refractivity contribution in [2.24, 2.45) is 0 Å². The Bertz CT molecular complexity index is 495. The molecule has 0 radical (unpaired) electrons. The van der Waals surface area contributed by atoms with E-state index in [1.54, 1.807) is 13.3 Å². The van der Waals surface area contributed by atoms with Gasteiger partial charge in [-0.1, -0.05) is 0 Å². The molecular formula is C13H16IN3O. The second kappa shape index (κ2) is 6.19. The van der Waals surface area contributed by atoms with Gasteiger partial charge >= 0.3 is 0 Å². The van der Waals surface area contributed by atoms with E-state index < -0.39 is 0 Å². The highest BCUT2D eigenvalue weighted by Gasteiger charge is 2.09. The summed E-state index contributed by atoms with van der Waals surface area (Å²) >= 11 is 2.29. The molecule has 1 aromatic heterocycles. The molecule has 0 aliphatic rings. The molecule has 0 saturated heterocycles. The first-order valence-corrected chi connectivity index (χ1v) is 6.83. The van der Waals surface area contributed by atoms with Gasteiger partial charge in [0, 0.05) is 28.8 Å². The Labute approximate surface area is 121 Å². The van der Waals surface area contributed by atoms with Crippen LogP contribution in [0, 0.1) is 3.57 Å². The monoisotopic (exact) mass is 357 g/mol. The Balaban J connectivity index is 2.14. The molecule has 0 aliphatic heterocycles. The molecule has 1 unspecified atom stereocenters. The summed E-state index contributed by atoms with van der Waals surface area (Å²) < 4.78 is 8.46. The van der Waals surface area contributed by atoms with Crippen LogP contribution < -0.4 is 5.32 Å². The Morgan fingerprint density at radius 3 is 2.78 bits per heavy atom. The standard InChI is InChI=1S/C13H16IN3O/c1-10(9-18-2)17-8-7-15-13(17)16-12-5-3-11(14)4-6-12/h3-8,10H,9H2,1-2H3,(H,15,16). The number of ether oxygens (including phenoxy) is 1. The van der Waals surface area contributed by atoms with Crippen molar-refractivity contribution in [3.8, 4) is 0 Å². The molecule has 0 fully saturated rings. The van der Waals surface area contributed by atoms with Crippen molar-refractivity contribution in [3.05, 3.63) is 40.2 Å². The van der Waals surface area contributed by atoms with Crippen LogP contribution in [-0.2, 0) is 4.74 Å². The lowest BCUT2D eigenvalue weighted by molar-refractivity contribution is 0.163. The van der Waals surface area contributed by atoms with Gasteiger partial charge in [-0.15, -0.1) is 0 Å². The number of nitrogens with one attached hydrogen (secondary N) is 1. The van der Waals surface area contributed by atoms with Gasteiger partial charge in [-0.25, -0.2) is 4.98 Å². The van der Waals surface area contributed by atoms with Gasteiger partial charge in [-0.3, -0.25) is 0 Å². The van der Waals surface area contributed by atoms with Gasteiger partial charge in [0.05, 0.1) is 12.6 Å². The number of anilines is 2. The molecule has 0 bridgehead atoms. The zero-order valence-electron chi connectivity index (χ0n) is 10.4. The van der Waals surface area contributed by atoms with E-state index in [9.17, 15) is 0 Å². The van der Waals surface area contributed by atoms with Crippen LogP contribution >= 0.6 is 22.6 Å². The lowest BCUT2D eigenvalue weighted by Gasteiger charge is -2.16. The summed E-state index contributed by atoms with van der Waals surface area (Å²) in [6.07, 6.45) is 3.75. The summed E-state index contributed by atoms with van der Waals surface area (Å²) in [4.78, 5) is 4.33. The predicted molar refractivity (Wildman–Crippen MR) is 81.3 cm³/mol. The Kier molecular flexibility index (Phi) is 4.60. The first kappa shape index (κ1) is 13.4. The maximum Gasteiger partial charge on any atom is 0.207 e. The quantitative estimate of drug-likeness (QED) is 0.834. The van der Waals surface area contributed by atoms with E-state index in [-0.39, 0.29) is 6.04 Å². The number of hydrogen-bond donors (Lipinski definition) is 1. The SMILES string of the molecule is COCC(C)n1ccnc1Nc1ccc(I)cc1. The number of methoxy groups -OCH3 is 1. The van der Waals surface area contributed by atoms with Gasteiger partial charge in [0.2, 0.25) is 5.95 Å². The van der Waals surface area contributed by atoms with Gasteiger partial charge in [0.1, 0.15) is 0 Å². The van der Waals surface area contributed by atoms with Crippen molar-refractivity contribution in [2.45, 2.75) is 13.0 Å². The number of hydrogen-bond acceptors (Lipinski definition) is 3. The molecule has 2 rings (SSSR count). The smallest absolute Gasteiger partial charge is 0.207 e. The zero-order valence-corrected chi connectivity index (χ0v) is 12.6. The van der Waals surface area contributed by atoms with Crippen molar-refractivity contribution in [3.63, 3.8) is 0 Å². The second-order valence-corrected chi connectivity index (χ2v) is 5.34. The van der Waals surface area contributed by atoms with E-state index in [1.165, 1.54) is 3.57 Å². The molecule has 2 aromatic rings. The maximum atomic E-state index is 5.17. The number of aromatic nitrogens is 2. The molecule has 96 valence electrons. The first-order chi connectivity index (χ1) is 8.70. The highest BCUT2D eigenvalue weighted by Crippen LogP contribution is 2.19. The van der Waals surface area contributed by atoms with Crippen molar-refractivity contribution >= 4 is 34.2 Å². The number of nitrogens with zero attached hydrogens (tertiary/aromatic N) is 2. The summed E-state index contributed by atoms with van der Waals surface area (Å²) in [5.41, 5.74) is 1.03. The minimum Gasteiger partial charge on any atom is -0.383 e. The van der Waals surface area contributed by atoms with Gasteiger partial charge in [0.25, 0.3) is 0 Å². The third kappa shape index (κ3) is 3.23. The summed E-state index contributed by atoms with van der Waals surface area (Å²) in [5.74, 6) is 0.834. The molecular weight excluding hydrogens is 341 g/mol. The Hall–Kier alpha value is -1.08. The molecule has 0 saturated carbocycles. The Morgan fingerprint density at radius 1 is 1.39 bits per heavy atom. The second-order valence-electron chi connectivity index (χ2n) is 4.09. The fourth-order valence-corrected chi connectivity index (χ4v) is 2.11. The summed E-state index contributed by atoms with van der Waals surface area (Å²) in [7, 11) is 1.71. The van der Waals surface area contributed by atoms with Crippen LogP contribution in [0.4, 0.5) is 11.6 Å². The minimum absolute atomic E-state index is 0.254. The summed E-state index contributed by atoms with van der Waals surface area (Å²) in [6, 6.07) is 8.47. The van der Waals surface area contributed by atoms with Crippen LogP contribution in [0.2, 0.25) is 0 Å². The molecule has 0 amide bonds. The predicted octanol–water partition coefficient (Wildman–Crippen LogP) is 3.44. The largest absolute Gasteiger partial charge is 0.383 e. The van der Waals surface area contributed by atoms with Crippen LogP contribution in [0.25, 0.3) is 0 Å². The average Bonchev–Trinajstić information content (AvgIpc) is 2.81. The minimum atomic E-state index is 0.254. The van der Waals surface area contributed by atoms with Gasteiger partial charge < -0.3 is 14.6 Å². The lowest BCUT2D eigenvalue weighted by Crippen LogP contribution is -2.12. The van der Waals surface area contributed by atoms with Gasteiger partial charge in [0.15, 0.2) is 0 Å². The third-order valence-electron chi connectivity index (χ3n) is 2.65. The number of rotatable bonds is 5. The molecule has 1 heterocycles. The molecule has 5 heteroatoms. The molecule has 1 aromatic carbocycles. The van der Waals surface area contributed by atoms with Crippen molar-refractivity contribution in [2.75, 3.05) is 19.0 Å². The van der Waals surface area contributed by atoms with Crippen LogP contribution in [0.5, 0.6) is 0 Å². The first-order valence-electron chi connectivity index (χ1n) is 5.75. The van der Waals surface area contributed by atoms with Crippen molar-refractivity contribution in [1.82, 2.24) is 9.55 Å². The van der Waals surface area contributed by atoms with Crippen molar-refractivity contribution in [1.29, 1.82) is 0 Å². The van der Waals surface area contributed by atoms with Gasteiger partial charge in [-0.05, 0) is 53.8 Å². The van der Waals surface area contributed by atoms with E-state index in [4.69, 9.17) is 4.74 Å². The van der Waals surface area contributed by atoms with E-state index in [1.807, 2.05) is 18.3 Å². The zero-order chi connectivity index (χ0) is 13.0. The molecule has 1 N–H and O–H groups in total. The lowest BCUT2D eigenvalue weighted by atomic mass is 10.3. The number of halogens is 1. The normalized spacial score (nSPS) is 12.4. The van der Waals surface area contributed by atoms with E-state index in [0.29, 0.717) is 6.61 Å². The molecule has 18 heavy (non-hydrogen) atoms. The summed E-state index contributed by atoms with van der Waals surface area (Å²) in [5, 5.41) is 3.31. The van der Waals surface area contributed by atoms with Crippen molar-refractivity contribution < 1.29 is 4.74 Å². The molecule has 0 aliphatic carbocycles. The highest BCUT2D eigenvalue weighted by atomic mass is 127. The number of imidazole rings is 1. The highest BCUT2D eigenvalue weighted by molar-refractivity contribution is 14.1. The fourth-order valence-electron chi connectivity index (χ4n) is 1.75. The van der Waals surface area contributed by atoms with Crippen LogP contribution in [-0.4, -0.2) is 23.3 Å². The topological polar surface area (TPSA) is 39.1 Å². The molecule has 1 atom stereocenters. The van der Waals surface area contributed by atoms with Crippen LogP contribution in [0.15, 0.2) is 36.7 Å². The average molecular weight is 357 g/mol. The van der Waals surface area contributed by atoms with Crippen LogP contribution in [0.3, 0.4) is 0 Å². The van der Waals surface area contributed by atoms with E-state index in [0.717, 1.165) is 11.6 Å². The molecule has 0 spiro atoms. The Morgan fingerprint density at radius 2 is 2.11 bits per heavy atom. The fraction of sp³-hybridized carbons (Fsp3) is 0.308. The summed E-state index contributed by atoms with van der Waals surface area (Å²) in [6.45, 7) is 2.77. The number of benzene rings is 1. The third-order valence-corrected chi connectivity index (χ3v) is 3.37.